The molecular weight excluding hydrogens is 336 g/mol. The number of pyridine rings is 1. The monoisotopic (exact) mass is 354 g/mol. The summed E-state index contributed by atoms with van der Waals surface area (Å²) in [6, 6.07) is 17.5. The van der Waals surface area contributed by atoms with Crippen LogP contribution in [-0.4, -0.2) is 20.5 Å². The molecule has 0 amide bonds. The Hall–Kier alpha value is -2.86. The van der Waals surface area contributed by atoms with Crippen LogP contribution in [0.2, 0.25) is 0 Å². The number of rotatable bonds is 6. The molecule has 0 aliphatic heterocycles. The zero-order valence-corrected chi connectivity index (χ0v) is 14.5. The summed E-state index contributed by atoms with van der Waals surface area (Å²) in [5.74, 6) is 0.611. The van der Waals surface area contributed by atoms with E-state index >= 15 is 0 Å². The Labute approximate surface area is 147 Å². The van der Waals surface area contributed by atoms with Gasteiger partial charge in [-0.3, -0.25) is 9.71 Å². The topological polar surface area (TPSA) is 68.3 Å². The van der Waals surface area contributed by atoms with E-state index in [4.69, 9.17) is 4.74 Å². The van der Waals surface area contributed by atoms with Crippen molar-refractivity contribution in [1.29, 1.82) is 0 Å². The molecule has 0 saturated heterocycles. The highest BCUT2D eigenvalue weighted by molar-refractivity contribution is 7.92. The van der Waals surface area contributed by atoms with E-state index < -0.39 is 10.0 Å². The molecule has 25 heavy (non-hydrogen) atoms. The lowest BCUT2D eigenvalue weighted by Crippen LogP contribution is -2.12. The molecule has 0 spiro atoms. The number of hydrogen-bond acceptors (Lipinski definition) is 4. The van der Waals surface area contributed by atoms with Gasteiger partial charge in [-0.1, -0.05) is 12.1 Å². The molecule has 128 valence electrons. The van der Waals surface area contributed by atoms with Gasteiger partial charge in [0.05, 0.1) is 12.0 Å². The fourth-order valence-electron chi connectivity index (χ4n) is 2.40. The third-order valence-electron chi connectivity index (χ3n) is 3.73. The maximum Gasteiger partial charge on any atom is 0.261 e. The zero-order valence-electron chi connectivity index (χ0n) is 13.7. The first-order valence-corrected chi connectivity index (χ1v) is 9.20. The van der Waals surface area contributed by atoms with E-state index in [1.165, 1.54) is 19.2 Å². The van der Waals surface area contributed by atoms with E-state index in [1.807, 2.05) is 24.3 Å². The normalized spacial score (nSPS) is 11.1. The van der Waals surface area contributed by atoms with Crippen LogP contribution in [0, 0.1) is 0 Å². The summed E-state index contributed by atoms with van der Waals surface area (Å²) in [5, 5.41) is 0. The van der Waals surface area contributed by atoms with Crippen molar-refractivity contribution in [3.8, 4) is 5.75 Å². The molecule has 0 saturated carbocycles. The molecule has 6 heteroatoms. The van der Waals surface area contributed by atoms with Crippen LogP contribution < -0.4 is 9.46 Å². The molecule has 2 aromatic carbocycles. The van der Waals surface area contributed by atoms with E-state index in [-0.39, 0.29) is 4.90 Å². The molecule has 1 heterocycles. The number of methoxy groups -OCH3 is 1. The minimum absolute atomic E-state index is 0.189. The predicted octanol–water partition coefficient (Wildman–Crippen LogP) is 3.48. The first-order chi connectivity index (χ1) is 12.1. The van der Waals surface area contributed by atoms with E-state index in [0.29, 0.717) is 11.4 Å². The second-order valence-corrected chi connectivity index (χ2v) is 7.19. The van der Waals surface area contributed by atoms with Gasteiger partial charge in [-0.05, 0) is 66.1 Å². The van der Waals surface area contributed by atoms with Crippen molar-refractivity contribution in [3.63, 3.8) is 0 Å². The lowest BCUT2D eigenvalue weighted by Gasteiger charge is -2.09. The predicted molar refractivity (Wildman–Crippen MR) is 97.3 cm³/mol. The van der Waals surface area contributed by atoms with Crippen molar-refractivity contribution < 1.29 is 13.2 Å². The summed E-state index contributed by atoms with van der Waals surface area (Å²) >= 11 is 0. The fraction of sp³-hybridized carbons (Fsp3) is 0.105. The molecular formula is C19H18N2O3S. The molecule has 0 radical (unpaired) electrons. The van der Waals surface area contributed by atoms with Crippen LogP contribution in [0.1, 0.15) is 11.1 Å². The molecule has 3 aromatic rings. The minimum atomic E-state index is -3.62. The molecule has 0 atom stereocenters. The third kappa shape index (κ3) is 4.36. The second kappa shape index (κ2) is 7.36. The van der Waals surface area contributed by atoms with Gasteiger partial charge in [-0.15, -0.1) is 0 Å². The van der Waals surface area contributed by atoms with Gasteiger partial charge in [0, 0.05) is 18.1 Å². The molecule has 0 aliphatic carbocycles. The van der Waals surface area contributed by atoms with Crippen molar-refractivity contribution >= 4 is 15.7 Å². The van der Waals surface area contributed by atoms with Gasteiger partial charge in [-0.2, -0.15) is 0 Å². The SMILES string of the molecule is COc1ccc(S(=O)(=O)Nc2ccc(Cc3ccncc3)cc2)cc1. The molecule has 0 aliphatic rings. The van der Waals surface area contributed by atoms with E-state index in [2.05, 4.69) is 9.71 Å². The number of aromatic nitrogens is 1. The number of benzene rings is 2. The summed E-state index contributed by atoms with van der Waals surface area (Å²) in [6.07, 6.45) is 4.29. The Morgan fingerprint density at radius 2 is 1.48 bits per heavy atom. The third-order valence-corrected chi connectivity index (χ3v) is 5.13. The van der Waals surface area contributed by atoms with Gasteiger partial charge in [0.1, 0.15) is 5.75 Å². The van der Waals surface area contributed by atoms with Crippen molar-refractivity contribution in [2.24, 2.45) is 0 Å². The van der Waals surface area contributed by atoms with Gasteiger partial charge in [-0.25, -0.2) is 8.42 Å². The second-order valence-electron chi connectivity index (χ2n) is 5.51. The van der Waals surface area contributed by atoms with Gasteiger partial charge < -0.3 is 4.74 Å². The van der Waals surface area contributed by atoms with Crippen LogP contribution in [0.25, 0.3) is 0 Å². The van der Waals surface area contributed by atoms with E-state index in [0.717, 1.165) is 17.5 Å². The number of ether oxygens (including phenoxy) is 1. The lowest BCUT2D eigenvalue weighted by atomic mass is 10.1. The molecule has 1 N–H and O–H groups in total. The molecule has 0 bridgehead atoms. The maximum atomic E-state index is 12.4. The number of sulfonamides is 1. The maximum absolute atomic E-state index is 12.4. The Morgan fingerprint density at radius 1 is 0.880 bits per heavy atom. The Morgan fingerprint density at radius 3 is 2.08 bits per heavy atom. The van der Waals surface area contributed by atoms with Crippen molar-refractivity contribution in [1.82, 2.24) is 4.98 Å². The van der Waals surface area contributed by atoms with Gasteiger partial charge in [0.25, 0.3) is 10.0 Å². The number of nitrogens with zero attached hydrogens (tertiary/aromatic N) is 1. The van der Waals surface area contributed by atoms with Crippen LogP contribution in [-0.2, 0) is 16.4 Å². The van der Waals surface area contributed by atoms with Crippen LogP contribution in [0.4, 0.5) is 5.69 Å². The van der Waals surface area contributed by atoms with Crippen molar-refractivity contribution in [2.45, 2.75) is 11.3 Å². The quantitative estimate of drug-likeness (QED) is 0.736. The van der Waals surface area contributed by atoms with Crippen LogP contribution in [0.3, 0.4) is 0 Å². The highest BCUT2D eigenvalue weighted by Gasteiger charge is 2.14. The van der Waals surface area contributed by atoms with Crippen molar-refractivity contribution in [3.05, 3.63) is 84.2 Å². The lowest BCUT2D eigenvalue weighted by molar-refractivity contribution is 0.414. The number of hydrogen-bond donors (Lipinski definition) is 1. The minimum Gasteiger partial charge on any atom is -0.497 e. The highest BCUT2D eigenvalue weighted by Crippen LogP contribution is 2.20. The summed E-state index contributed by atoms with van der Waals surface area (Å²) in [5.41, 5.74) is 2.77. The Bertz CT molecular complexity index is 923. The molecule has 0 fully saturated rings. The Kier molecular flexibility index (Phi) is 5.00. The standard InChI is InChI=1S/C19H18N2O3S/c1-24-18-6-8-19(9-7-18)25(22,23)21-17-4-2-15(3-5-17)14-16-10-12-20-13-11-16/h2-13,21H,14H2,1H3. The van der Waals surface area contributed by atoms with Crippen LogP contribution in [0.15, 0.2) is 78.0 Å². The van der Waals surface area contributed by atoms with Crippen LogP contribution in [0.5, 0.6) is 5.75 Å². The summed E-state index contributed by atoms with van der Waals surface area (Å²) in [7, 11) is -2.09. The number of nitrogens with one attached hydrogen (secondary N) is 1. The van der Waals surface area contributed by atoms with E-state index in [9.17, 15) is 8.42 Å². The van der Waals surface area contributed by atoms with Gasteiger partial charge >= 0.3 is 0 Å². The first kappa shape index (κ1) is 17.0. The fourth-order valence-corrected chi connectivity index (χ4v) is 3.45. The number of anilines is 1. The molecule has 0 unspecified atom stereocenters. The summed E-state index contributed by atoms with van der Waals surface area (Å²) in [4.78, 5) is 4.19. The summed E-state index contributed by atoms with van der Waals surface area (Å²) < 4.78 is 32.5. The highest BCUT2D eigenvalue weighted by atomic mass is 32.2. The zero-order chi connectivity index (χ0) is 17.7. The smallest absolute Gasteiger partial charge is 0.261 e. The molecule has 5 nitrogen and oxygen atoms in total. The van der Waals surface area contributed by atoms with Gasteiger partial charge in [0.2, 0.25) is 0 Å². The average molecular weight is 354 g/mol. The van der Waals surface area contributed by atoms with Crippen molar-refractivity contribution in [2.75, 3.05) is 11.8 Å². The van der Waals surface area contributed by atoms with Crippen LogP contribution >= 0.6 is 0 Å². The molecule has 1 aromatic heterocycles. The average Bonchev–Trinajstić information content (AvgIpc) is 2.64. The van der Waals surface area contributed by atoms with Gasteiger partial charge in [0.15, 0.2) is 0 Å². The Balaban J connectivity index is 1.71. The van der Waals surface area contributed by atoms with E-state index in [1.54, 1.807) is 36.7 Å². The summed E-state index contributed by atoms with van der Waals surface area (Å²) in [6.45, 7) is 0. The largest absolute Gasteiger partial charge is 0.497 e. The first-order valence-electron chi connectivity index (χ1n) is 7.71. The molecule has 3 rings (SSSR count).